The molecule has 2 heterocycles. The lowest BCUT2D eigenvalue weighted by molar-refractivity contribution is 0.199. The van der Waals surface area contributed by atoms with E-state index >= 15 is 0 Å². The van der Waals surface area contributed by atoms with Gasteiger partial charge in [0.2, 0.25) is 0 Å². The second-order valence-corrected chi connectivity index (χ2v) is 6.59. The molecule has 1 aromatic carbocycles. The summed E-state index contributed by atoms with van der Waals surface area (Å²) in [6, 6.07) is 7.11. The van der Waals surface area contributed by atoms with Crippen molar-refractivity contribution >= 4 is 17.3 Å². The molecular formula is C16H23ClN2O. The first-order valence-electron chi connectivity index (χ1n) is 7.54. The molecule has 110 valence electrons. The summed E-state index contributed by atoms with van der Waals surface area (Å²) in [5.41, 5.74) is 1.99. The van der Waals surface area contributed by atoms with E-state index in [2.05, 4.69) is 22.8 Å². The second-order valence-electron chi connectivity index (χ2n) is 6.18. The third-order valence-electron chi connectivity index (χ3n) is 4.70. The van der Waals surface area contributed by atoms with Crippen molar-refractivity contribution in [3.8, 4) is 0 Å². The lowest BCUT2D eigenvalue weighted by Gasteiger charge is -2.44. The minimum Gasteiger partial charge on any atom is -0.389 e. The second kappa shape index (κ2) is 5.55. The topological polar surface area (TPSA) is 26.7 Å². The van der Waals surface area contributed by atoms with Crippen LogP contribution in [0.3, 0.4) is 0 Å². The molecular weight excluding hydrogens is 272 g/mol. The Balaban J connectivity index is 1.84. The number of aliphatic hydroxyl groups excluding tert-OH is 1. The van der Waals surface area contributed by atoms with E-state index in [4.69, 9.17) is 11.6 Å². The first-order chi connectivity index (χ1) is 9.56. The minimum atomic E-state index is -0.467. The normalized spacial score (nSPS) is 28.5. The van der Waals surface area contributed by atoms with E-state index < -0.39 is 6.10 Å². The van der Waals surface area contributed by atoms with Crippen molar-refractivity contribution in [2.24, 2.45) is 0 Å². The number of halogens is 1. The summed E-state index contributed by atoms with van der Waals surface area (Å²) in [6.45, 7) is 7.48. The number of rotatable bonds is 2. The van der Waals surface area contributed by atoms with Crippen LogP contribution in [-0.2, 0) is 0 Å². The van der Waals surface area contributed by atoms with Crippen LogP contribution in [0.15, 0.2) is 18.2 Å². The summed E-state index contributed by atoms with van der Waals surface area (Å²) in [7, 11) is 0. The van der Waals surface area contributed by atoms with Crippen LogP contribution in [-0.4, -0.2) is 41.7 Å². The molecule has 0 spiro atoms. The van der Waals surface area contributed by atoms with Crippen molar-refractivity contribution in [3.05, 3.63) is 28.8 Å². The molecule has 0 saturated carbocycles. The van der Waals surface area contributed by atoms with Crippen LogP contribution >= 0.6 is 11.6 Å². The van der Waals surface area contributed by atoms with Gasteiger partial charge in [0.1, 0.15) is 0 Å². The van der Waals surface area contributed by atoms with Crippen LogP contribution in [0.2, 0.25) is 5.02 Å². The summed E-state index contributed by atoms with van der Waals surface area (Å²) in [5, 5.41) is 10.4. The van der Waals surface area contributed by atoms with E-state index in [0.717, 1.165) is 29.4 Å². The van der Waals surface area contributed by atoms with Crippen molar-refractivity contribution in [1.29, 1.82) is 0 Å². The highest BCUT2D eigenvalue weighted by molar-refractivity contribution is 6.33. The number of anilines is 1. The molecule has 0 bridgehead atoms. The Hall–Kier alpha value is -0.770. The Labute approximate surface area is 126 Å². The molecule has 2 aliphatic heterocycles. The predicted octanol–water partition coefficient (Wildman–Crippen LogP) is 3.07. The van der Waals surface area contributed by atoms with E-state index in [1.165, 1.54) is 19.4 Å². The van der Waals surface area contributed by atoms with Crippen LogP contribution in [0.1, 0.15) is 38.4 Å². The average molecular weight is 295 g/mol. The fourth-order valence-electron chi connectivity index (χ4n) is 3.54. The van der Waals surface area contributed by atoms with Gasteiger partial charge in [0.25, 0.3) is 0 Å². The van der Waals surface area contributed by atoms with Gasteiger partial charge in [0, 0.05) is 25.2 Å². The lowest BCUT2D eigenvalue weighted by atomic mass is 10.0. The number of benzene rings is 1. The van der Waals surface area contributed by atoms with Crippen LogP contribution in [0.5, 0.6) is 0 Å². The molecule has 3 rings (SSSR count). The fraction of sp³-hybridized carbons (Fsp3) is 0.625. The highest BCUT2D eigenvalue weighted by atomic mass is 35.5. The molecule has 2 saturated heterocycles. The quantitative estimate of drug-likeness (QED) is 0.908. The Morgan fingerprint density at radius 1 is 1.35 bits per heavy atom. The van der Waals surface area contributed by atoms with Crippen LogP contribution < -0.4 is 4.90 Å². The Kier molecular flexibility index (Phi) is 3.93. The van der Waals surface area contributed by atoms with E-state index in [9.17, 15) is 5.11 Å². The number of piperazine rings is 1. The van der Waals surface area contributed by atoms with Gasteiger partial charge in [-0.25, -0.2) is 0 Å². The summed E-state index contributed by atoms with van der Waals surface area (Å²) in [6.07, 6.45) is 2.15. The Morgan fingerprint density at radius 3 is 2.85 bits per heavy atom. The maximum Gasteiger partial charge on any atom is 0.0762 e. The maximum absolute atomic E-state index is 9.65. The van der Waals surface area contributed by atoms with Gasteiger partial charge in [-0.3, -0.25) is 4.90 Å². The molecule has 0 aliphatic carbocycles. The summed E-state index contributed by atoms with van der Waals surface area (Å²) >= 11 is 6.45. The molecule has 20 heavy (non-hydrogen) atoms. The van der Waals surface area contributed by atoms with Gasteiger partial charge in [-0.05, 0) is 50.9 Å². The van der Waals surface area contributed by atoms with Gasteiger partial charge in [0.05, 0.1) is 16.8 Å². The smallest absolute Gasteiger partial charge is 0.0762 e. The largest absolute Gasteiger partial charge is 0.389 e. The maximum atomic E-state index is 9.65. The third-order valence-corrected chi connectivity index (χ3v) is 5.00. The van der Waals surface area contributed by atoms with Crippen LogP contribution in [0.25, 0.3) is 0 Å². The van der Waals surface area contributed by atoms with Crippen LogP contribution in [0.4, 0.5) is 5.69 Å². The predicted molar refractivity (Wildman–Crippen MR) is 83.5 cm³/mol. The Morgan fingerprint density at radius 2 is 2.15 bits per heavy atom. The zero-order chi connectivity index (χ0) is 14.3. The number of hydrogen-bond donors (Lipinski definition) is 1. The standard InChI is InChI=1S/C16H23ClN2O/c1-11-9-18-7-3-4-14(18)10-19(11)16-6-5-13(12(2)20)8-15(16)17/h5-6,8,11-12,14,20H,3-4,7,9-10H2,1-2H3. The monoisotopic (exact) mass is 294 g/mol. The van der Waals surface area contributed by atoms with Gasteiger partial charge in [-0.1, -0.05) is 17.7 Å². The van der Waals surface area contributed by atoms with Gasteiger partial charge >= 0.3 is 0 Å². The first kappa shape index (κ1) is 14.2. The zero-order valence-electron chi connectivity index (χ0n) is 12.2. The van der Waals surface area contributed by atoms with Crippen molar-refractivity contribution < 1.29 is 5.11 Å². The summed E-state index contributed by atoms with van der Waals surface area (Å²) in [5.74, 6) is 0. The van der Waals surface area contributed by atoms with Gasteiger partial charge in [-0.2, -0.15) is 0 Å². The molecule has 1 aromatic rings. The number of fused-ring (bicyclic) bond motifs is 1. The van der Waals surface area contributed by atoms with E-state index in [0.29, 0.717) is 12.1 Å². The summed E-state index contributed by atoms with van der Waals surface area (Å²) in [4.78, 5) is 5.04. The number of nitrogens with zero attached hydrogens (tertiary/aromatic N) is 2. The van der Waals surface area contributed by atoms with Gasteiger partial charge in [0.15, 0.2) is 0 Å². The van der Waals surface area contributed by atoms with Gasteiger partial charge < -0.3 is 10.0 Å². The van der Waals surface area contributed by atoms with Crippen molar-refractivity contribution in [1.82, 2.24) is 4.90 Å². The van der Waals surface area contributed by atoms with Crippen molar-refractivity contribution in [2.75, 3.05) is 24.5 Å². The van der Waals surface area contributed by atoms with Crippen LogP contribution in [0, 0.1) is 0 Å². The van der Waals surface area contributed by atoms with E-state index in [1.807, 2.05) is 12.1 Å². The molecule has 2 fully saturated rings. The molecule has 2 aliphatic rings. The summed E-state index contributed by atoms with van der Waals surface area (Å²) < 4.78 is 0. The first-order valence-corrected chi connectivity index (χ1v) is 7.92. The molecule has 0 amide bonds. The van der Waals surface area contributed by atoms with E-state index in [-0.39, 0.29) is 0 Å². The molecule has 0 radical (unpaired) electrons. The zero-order valence-corrected chi connectivity index (χ0v) is 13.0. The van der Waals surface area contributed by atoms with Crippen molar-refractivity contribution in [3.63, 3.8) is 0 Å². The Bertz CT molecular complexity index is 491. The number of hydrogen-bond acceptors (Lipinski definition) is 3. The minimum absolute atomic E-state index is 0.467. The molecule has 1 N–H and O–H groups in total. The SMILES string of the molecule is CC(O)c1ccc(N2CC3CCCN3CC2C)c(Cl)c1. The molecule has 0 aromatic heterocycles. The molecule has 3 nitrogen and oxygen atoms in total. The fourth-order valence-corrected chi connectivity index (χ4v) is 3.84. The number of aliphatic hydroxyl groups is 1. The van der Waals surface area contributed by atoms with E-state index in [1.54, 1.807) is 6.92 Å². The molecule has 3 atom stereocenters. The highest BCUT2D eigenvalue weighted by Crippen LogP contribution is 2.34. The molecule has 4 heteroatoms. The van der Waals surface area contributed by atoms with Gasteiger partial charge in [-0.15, -0.1) is 0 Å². The lowest BCUT2D eigenvalue weighted by Crippen LogP contribution is -2.55. The highest BCUT2D eigenvalue weighted by Gasteiger charge is 2.35. The third kappa shape index (κ3) is 2.54. The average Bonchev–Trinajstić information content (AvgIpc) is 2.84. The molecule has 3 unspecified atom stereocenters. The van der Waals surface area contributed by atoms with Crippen molar-refractivity contribution in [2.45, 2.75) is 44.9 Å².